The number of hydrogen-bond acceptors (Lipinski definition) is 2. The van der Waals surface area contributed by atoms with E-state index in [1.54, 1.807) is 0 Å². The fraction of sp³-hybridized carbons (Fsp3) is 0. The molecule has 1 aromatic rings. The molecule has 0 aliphatic carbocycles. The third-order valence-corrected chi connectivity index (χ3v) is 1.43. The quantitative estimate of drug-likeness (QED) is 0.414. The summed E-state index contributed by atoms with van der Waals surface area (Å²) in [4.78, 5) is 11.0. The Hall–Kier alpha value is -2.18. The van der Waals surface area contributed by atoms with Crippen molar-refractivity contribution in [1.29, 1.82) is 5.41 Å². The van der Waals surface area contributed by atoms with Crippen molar-refractivity contribution in [2.45, 2.75) is 0 Å². The van der Waals surface area contributed by atoms with Crippen LogP contribution in [0.2, 0.25) is 0 Å². The van der Waals surface area contributed by atoms with Gasteiger partial charge in [0.1, 0.15) is 11.6 Å². The van der Waals surface area contributed by atoms with Crippen molar-refractivity contribution >= 4 is 17.7 Å². The first kappa shape index (κ1) is 10.9. The molecule has 1 rings (SSSR count). The van der Waals surface area contributed by atoms with Crippen LogP contribution in [0.4, 0.5) is 19.3 Å². The molecule has 2 amide bonds. The zero-order valence-electron chi connectivity index (χ0n) is 7.47. The number of amides is 2. The Morgan fingerprint density at radius 1 is 1.40 bits per heavy atom. The van der Waals surface area contributed by atoms with Crippen LogP contribution in [0.5, 0.6) is 0 Å². The second kappa shape index (κ2) is 4.36. The minimum Gasteiger partial charge on any atom is -0.370 e. The van der Waals surface area contributed by atoms with Gasteiger partial charge >= 0.3 is 6.03 Å². The van der Waals surface area contributed by atoms with Crippen LogP contribution in [0.3, 0.4) is 0 Å². The van der Waals surface area contributed by atoms with Gasteiger partial charge in [-0.2, -0.15) is 0 Å². The van der Waals surface area contributed by atoms with Crippen molar-refractivity contribution in [3.05, 3.63) is 29.8 Å². The fourth-order valence-electron chi connectivity index (χ4n) is 0.867. The molecule has 1 aromatic carbocycles. The smallest absolute Gasteiger partial charge is 0.326 e. The summed E-state index contributed by atoms with van der Waals surface area (Å²) >= 11 is 0. The lowest BCUT2D eigenvalue weighted by molar-refractivity contribution is 0.256. The maximum absolute atomic E-state index is 13.0. The summed E-state index contributed by atoms with van der Waals surface area (Å²) in [7, 11) is 0. The Labute approximate surface area is 83.8 Å². The maximum Gasteiger partial charge on any atom is 0.326 e. The van der Waals surface area contributed by atoms with Gasteiger partial charge in [0.05, 0.1) is 5.69 Å². The van der Waals surface area contributed by atoms with E-state index >= 15 is 0 Å². The molecule has 0 spiro atoms. The minimum absolute atomic E-state index is 0.199. The van der Waals surface area contributed by atoms with Gasteiger partial charge in [0.15, 0.2) is 5.96 Å². The molecule has 0 aliphatic heterocycles. The van der Waals surface area contributed by atoms with E-state index < -0.39 is 23.6 Å². The summed E-state index contributed by atoms with van der Waals surface area (Å²) in [6, 6.07) is 1.81. The summed E-state index contributed by atoms with van der Waals surface area (Å²) in [5.74, 6) is -2.23. The van der Waals surface area contributed by atoms with Crippen LogP contribution in [-0.4, -0.2) is 12.0 Å². The third kappa shape index (κ3) is 3.22. The van der Waals surface area contributed by atoms with Crippen LogP contribution in [0, 0.1) is 17.0 Å². The molecule has 0 bridgehead atoms. The number of hydrogen-bond donors (Lipinski definition) is 4. The summed E-state index contributed by atoms with van der Waals surface area (Å²) in [6.45, 7) is 0. The normalized spacial score (nSPS) is 9.47. The molecule has 7 heteroatoms. The van der Waals surface area contributed by atoms with Crippen molar-refractivity contribution < 1.29 is 13.6 Å². The Balaban J connectivity index is 2.72. The molecular formula is C8H8F2N4O. The number of rotatable bonds is 1. The molecular weight excluding hydrogens is 206 g/mol. The van der Waals surface area contributed by atoms with Crippen molar-refractivity contribution in [3.8, 4) is 0 Å². The second-order valence-corrected chi connectivity index (χ2v) is 2.62. The Morgan fingerprint density at radius 2 is 2.07 bits per heavy atom. The number of benzene rings is 1. The molecule has 0 saturated carbocycles. The average Bonchev–Trinajstić information content (AvgIpc) is 2.08. The van der Waals surface area contributed by atoms with E-state index in [0.717, 1.165) is 12.1 Å². The molecule has 0 saturated heterocycles. The molecule has 15 heavy (non-hydrogen) atoms. The highest BCUT2D eigenvalue weighted by atomic mass is 19.1. The molecule has 0 unspecified atom stereocenters. The highest BCUT2D eigenvalue weighted by Gasteiger charge is 2.07. The predicted molar refractivity (Wildman–Crippen MR) is 50.4 cm³/mol. The maximum atomic E-state index is 13.0. The van der Waals surface area contributed by atoms with E-state index in [1.807, 2.05) is 5.32 Å². The van der Waals surface area contributed by atoms with Crippen molar-refractivity contribution in [1.82, 2.24) is 5.32 Å². The highest BCUT2D eigenvalue weighted by Crippen LogP contribution is 2.14. The number of urea groups is 1. The van der Waals surface area contributed by atoms with Crippen molar-refractivity contribution in [2.75, 3.05) is 5.32 Å². The SMILES string of the molecule is N=C(N)NC(=O)Nc1ccc(F)cc1F. The van der Waals surface area contributed by atoms with Crippen LogP contribution in [0.25, 0.3) is 0 Å². The molecule has 0 aliphatic rings. The first-order valence-corrected chi connectivity index (χ1v) is 3.86. The molecule has 0 heterocycles. The van der Waals surface area contributed by atoms with Gasteiger partial charge in [-0.3, -0.25) is 10.7 Å². The van der Waals surface area contributed by atoms with Gasteiger partial charge in [-0.1, -0.05) is 0 Å². The molecule has 5 N–H and O–H groups in total. The lowest BCUT2D eigenvalue weighted by atomic mass is 10.3. The zero-order chi connectivity index (χ0) is 11.4. The second-order valence-electron chi connectivity index (χ2n) is 2.62. The van der Waals surface area contributed by atoms with Gasteiger partial charge < -0.3 is 11.1 Å². The monoisotopic (exact) mass is 214 g/mol. The van der Waals surface area contributed by atoms with E-state index in [-0.39, 0.29) is 5.69 Å². The van der Waals surface area contributed by atoms with Crippen molar-refractivity contribution in [3.63, 3.8) is 0 Å². The van der Waals surface area contributed by atoms with Gasteiger partial charge in [0, 0.05) is 6.07 Å². The number of halogens is 2. The van der Waals surface area contributed by atoms with E-state index in [1.165, 1.54) is 0 Å². The van der Waals surface area contributed by atoms with E-state index in [9.17, 15) is 13.6 Å². The van der Waals surface area contributed by atoms with Crippen LogP contribution in [0.1, 0.15) is 0 Å². The van der Waals surface area contributed by atoms with Crippen LogP contribution in [-0.2, 0) is 0 Å². The van der Waals surface area contributed by atoms with Gasteiger partial charge in [-0.25, -0.2) is 13.6 Å². The van der Waals surface area contributed by atoms with Crippen LogP contribution >= 0.6 is 0 Å². The van der Waals surface area contributed by atoms with Gasteiger partial charge in [0.2, 0.25) is 0 Å². The van der Waals surface area contributed by atoms with Gasteiger partial charge in [0.25, 0.3) is 0 Å². The standard InChI is InChI=1S/C8H8F2N4O/c9-4-1-2-6(5(10)3-4)13-8(15)14-7(11)12/h1-3H,(H5,11,12,13,14,15). The topological polar surface area (TPSA) is 91.0 Å². The summed E-state index contributed by atoms with van der Waals surface area (Å²) in [5.41, 5.74) is 4.67. The third-order valence-electron chi connectivity index (χ3n) is 1.43. The Morgan fingerprint density at radius 3 is 2.60 bits per heavy atom. The lowest BCUT2D eigenvalue weighted by Gasteiger charge is -2.06. The number of guanidine groups is 1. The minimum atomic E-state index is -0.909. The Kier molecular flexibility index (Phi) is 3.17. The summed E-state index contributed by atoms with van der Waals surface area (Å²) < 4.78 is 25.5. The zero-order valence-corrected chi connectivity index (χ0v) is 7.47. The molecule has 0 atom stereocenters. The van der Waals surface area contributed by atoms with Gasteiger partial charge in [-0.15, -0.1) is 0 Å². The van der Waals surface area contributed by atoms with E-state index in [2.05, 4.69) is 5.32 Å². The number of anilines is 1. The molecule has 0 fully saturated rings. The van der Waals surface area contributed by atoms with E-state index in [0.29, 0.717) is 6.07 Å². The lowest BCUT2D eigenvalue weighted by Crippen LogP contribution is -2.38. The first-order valence-electron chi connectivity index (χ1n) is 3.86. The number of carbonyl (C=O) groups excluding carboxylic acids is 1. The first-order chi connectivity index (χ1) is 6.99. The molecule has 0 radical (unpaired) electrons. The van der Waals surface area contributed by atoms with Crippen LogP contribution in [0.15, 0.2) is 18.2 Å². The summed E-state index contributed by atoms with van der Waals surface area (Å²) in [5, 5.41) is 10.7. The average molecular weight is 214 g/mol. The van der Waals surface area contributed by atoms with Gasteiger partial charge in [-0.05, 0) is 12.1 Å². The van der Waals surface area contributed by atoms with Crippen LogP contribution < -0.4 is 16.4 Å². The predicted octanol–water partition coefficient (Wildman–Crippen LogP) is 0.980. The highest BCUT2D eigenvalue weighted by molar-refractivity contribution is 6.00. The molecule has 0 aromatic heterocycles. The summed E-state index contributed by atoms with van der Waals surface area (Å²) in [6.07, 6.45) is 0. The number of carbonyl (C=O) groups is 1. The Bertz CT molecular complexity index is 408. The molecule has 80 valence electrons. The number of nitrogens with one attached hydrogen (secondary N) is 3. The molecule has 5 nitrogen and oxygen atoms in total. The van der Waals surface area contributed by atoms with E-state index in [4.69, 9.17) is 11.1 Å². The largest absolute Gasteiger partial charge is 0.370 e. The fourth-order valence-corrected chi connectivity index (χ4v) is 0.867. The number of nitrogens with two attached hydrogens (primary N) is 1. The van der Waals surface area contributed by atoms with Crippen molar-refractivity contribution in [2.24, 2.45) is 5.73 Å².